The first-order valence-corrected chi connectivity index (χ1v) is 8.28. The van der Waals surface area contributed by atoms with E-state index < -0.39 is 5.82 Å². The number of hydrogen-bond acceptors (Lipinski definition) is 5. The number of anilines is 2. The maximum atomic E-state index is 13.3. The second-order valence-corrected chi connectivity index (χ2v) is 6.17. The van der Waals surface area contributed by atoms with Crippen LogP contribution in [0.25, 0.3) is 10.9 Å². The van der Waals surface area contributed by atoms with Crippen molar-refractivity contribution in [3.8, 4) is 5.75 Å². The third-order valence-corrected chi connectivity index (χ3v) is 4.27. The minimum Gasteiger partial charge on any atom is -0.488 e. The molecule has 1 saturated heterocycles. The molecule has 3 aromatic rings. The first-order chi connectivity index (χ1) is 12.2. The molecule has 128 valence electrons. The monoisotopic (exact) mass is 359 g/mol. The van der Waals surface area contributed by atoms with Crippen LogP contribution < -0.4 is 10.1 Å². The minimum absolute atomic E-state index is 0.0535. The number of nitrogens with one attached hydrogen (secondary N) is 1. The molecular formula is C18H15ClFN3O2. The average Bonchev–Trinajstić information content (AvgIpc) is 3.11. The zero-order chi connectivity index (χ0) is 17.2. The summed E-state index contributed by atoms with van der Waals surface area (Å²) in [6.45, 7) is 1.34. The number of nitrogens with zero attached hydrogens (tertiary/aromatic N) is 2. The number of benzene rings is 2. The molecule has 0 amide bonds. The SMILES string of the molecule is Fc1ccc(Nc2ncnc3cc(O[C@H]4CCOC4)ccc23)cc1Cl. The van der Waals surface area contributed by atoms with Crippen LogP contribution in [-0.2, 0) is 4.74 Å². The Hall–Kier alpha value is -2.44. The average molecular weight is 360 g/mol. The summed E-state index contributed by atoms with van der Waals surface area (Å²) in [6, 6.07) is 10.1. The van der Waals surface area contributed by atoms with Gasteiger partial charge in [0, 0.05) is 23.6 Å². The lowest BCUT2D eigenvalue weighted by molar-refractivity contribution is 0.141. The molecule has 0 bridgehead atoms. The highest BCUT2D eigenvalue weighted by Crippen LogP contribution is 2.28. The second kappa shape index (κ2) is 6.82. The largest absolute Gasteiger partial charge is 0.488 e. The van der Waals surface area contributed by atoms with E-state index in [1.807, 2.05) is 18.2 Å². The van der Waals surface area contributed by atoms with Crippen molar-refractivity contribution in [1.82, 2.24) is 9.97 Å². The molecule has 0 unspecified atom stereocenters. The number of aromatic nitrogens is 2. The van der Waals surface area contributed by atoms with E-state index in [9.17, 15) is 4.39 Å². The van der Waals surface area contributed by atoms with E-state index in [0.29, 0.717) is 18.1 Å². The lowest BCUT2D eigenvalue weighted by atomic mass is 10.2. The molecule has 4 rings (SSSR count). The minimum atomic E-state index is -0.461. The summed E-state index contributed by atoms with van der Waals surface area (Å²) in [5.41, 5.74) is 1.40. The second-order valence-electron chi connectivity index (χ2n) is 5.76. The maximum absolute atomic E-state index is 13.3. The molecule has 5 nitrogen and oxygen atoms in total. The molecule has 0 saturated carbocycles. The summed E-state index contributed by atoms with van der Waals surface area (Å²) in [5, 5.41) is 4.03. The van der Waals surface area contributed by atoms with Gasteiger partial charge >= 0.3 is 0 Å². The van der Waals surface area contributed by atoms with E-state index in [2.05, 4.69) is 15.3 Å². The Morgan fingerprint density at radius 3 is 2.92 bits per heavy atom. The highest BCUT2D eigenvalue weighted by atomic mass is 35.5. The quantitative estimate of drug-likeness (QED) is 0.751. The van der Waals surface area contributed by atoms with Crippen LogP contribution in [0.15, 0.2) is 42.7 Å². The van der Waals surface area contributed by atoms with E-state index in [4.69, 9.17) is 21.1 Å². The number of hydrogen-bond donors (Lipinski definition) is 1. The van der Waals surface area contributed by atoms with Gasteiger partial charge in [-0.25, -0.2) is 14.4 Å². The molecule has 7 heteroatoms. The van der Waals surface area contributed by atoms with Gasteiger partial charge < -0.3 is 14.8 Å². The molecule has 0 spiro atoms. The Balaban J connectivity index is 1.61. The molecule has 1 aromatic heterocycles. The number of rotatable bonds is 4. The van der Waals surface area contributed by atoms with Crippen LogP contribution in [0.1, 0.15) is 6.42 Å². The van der Waals surface area contributed by atoms with Gasteiger partial charge in [-0.15, -0.1) is 0 Å². The van der Waals surface area contributed by atoms with Crippen molar-refractivity contribution in [2.24, 2.45) is 0 Å². The fourth-order valence-corrected chi connectivity index (χ4v) is 2.90. The third-order valence-electron chi connectivity index (χ3n) is 3.98. The van der Waals surface area contributed by atoms with Gasteiger partial charge in [0.2, 0.25) is 0 Å². The zero-order valence-corrected chi connectivity index (χ0v) is 14.0. The fraction of sp³-hybridized carbons (Fsp3) is 0.222. The van der Waals surface area contributed by atoms with Crippen molar-refractivity contribution >= 4 is 34.0 Å². The van der Waals surface area contributed by atoms with Gasteiger partial charge in [-0.2, -0.15) is 0 Å². The first kappa shape index (κ1) is 16.1. The highest BCUT2D eigenvalue weighted by Gasteiger charge is 2.17. The predicted molar refractivity (Wildman–Crippen MR) is 94.1 cm³/mol. The van der Waals surface area contributed by atoms with Crippen LogP contribution in [-0.4, -0.2) is 29.3 Å². The number of halogens is 2. The van der Waals surface area contributed by atoms with Crippen molar-refractivity contribution in [1.29, 1.82) is 0 Å². The van der Waals surface area contributed by atoms with Crippen molar-refractivity contribution in [2.45, 2.75) is 12.5 Å². The lowest BCUT2D eigenvalue weighted by Crippen LogP contribution is -2.15. The maximum Gasteiger partial charge on any atom is 0.141 e. The predicted octanol–water partition coefficient (Wildman–Crippen LogP) is 4.33. The Bertz CT molecular complexity index is 916. The fourth-order valence-electron chi connectivity index (χ4n) is 2.72. The van der Waals surface area contributed by atoms with Gasteiger partial charge in [-0.1, -0.05) is 11.6 Å². The summed E-state index contributed by atoms with van der Waals surface area (Å²) >= 11 is 5.83. The van der Waals surface area contributed by atoms with E-state index in [-0.39, 0.29) is 11.1 Å². The van der Waals surface area contributed by atoms with E-state index >= 15 is 0 Å². The molecule has 2 heterocycles. The van der Waals surface area contributed by atoms with E-state index in [1.165, 1.54) is 18.5 Å². The molecule has 1 aliphatic rings. The third kappa shape index (κ3) is 3.50. The number of ether oxygens (including phenoxy) is 2. The molecule has 2 aromatic carbocycles. The van der Waals surface area contributed by atoms with Crippen molar-refractivity contribution in [3.63, 3.8) is 0 Å². The summed E-state index contributed by atoms with van der Waals surface area (Å²) in [7, 11) is 0. The van der Waals surface area contributed by atoms with Crippen LogP contribution in [0.5, 0.6) is 5.75 Å². The van der Waals surface area contributed by atoms with Crippen molar-refractivity contribution < 1.29 is 13.9 Å². The van der Waals surface area contributed by atoms with Gasteiger partial charge in [0.1, 0.15) is 29.8 Å². The van der Waals surface area contributed by atoms with Gasteiger partial charge in [-0.3, -0.25) is 0 Å². The van der Waals surface area contributed by atoms with Gasteiger partial charge in [-0.05, 0) is 30.3 Å². The van der Waals surface area contributed by atoms with Crippen LogP contribution in [0, 0.1) is 5.82 Å². The molecule has 1 fully saturated rings. The van der Waals surface area contributed by atoms with Gasteiger partial charge in [0.05, 0.1) is 23.8 Å². The van der Waals surface area contributed by atoms with Crippen LogP contribution in [0.4, 0.5) is 15.9 Å². The normalized spacial score (nSPS) is 17.0. The first-order valence-electron chi connectivity index (χ1n) is 7.90. The summed E-state index contributed by atoms with van der Waals surface area (Å²) < 4.78 is 24.5. The molecule has 1 aliphatic heterocycles. The van der Waals surface area contributed by atoms with Crippen LogP contribution >= 0.6 is 11.6 Å². The Morgan fingerprint density at radius 1 is 1.20 bits per heavy atom. The molecule has 1 N–H and O–H groups in total. The topological polar surface area (TPSA) is 56.3 Å². The van der Waals surface area contributed by atoms with Gasteiger partial charge in [0.15, 0.2) is 0 Å². The van der Waals surface area contributed by atoms with Crippen molar-refractivity contribution in [3.05, 3.63) is 53.6 Å². The Morgan fingerprint density at radius 2 is 2.12 bits per heavy atom. The van der Waals surface area contributed by atoms with E-state index in [0.717, 1.165) is 29.7 Å². The van der Waals surface area contributed by atoms with Crippen LogP contribution in [0.2, 0.25) is 5.02 Å². The summed E-state index contributed by atoms with van der Waals surface area (Å²) in [4.78, 5) is 8.57. The zero-order valence-electron chi connectivity index (χ0n) is 13.2. The van der Waals surface area contributed by atoms with Crippen LogP contribution in [0.3, 0.4) is 0 Å². The smallest absolute Gasteiger partial charge is 0.141 e. The lowest BCUT2D eigenvalue weighted by Gasteiger charge is -2.13. The molecule has 0 radical (unpaired) electrons. The molecule has 0 aliphatic carbocycles. The summed E-state index contributed by atoms with van der Waals surface area (Å²) in [5.74, 6) is 0.901. The van der Waals surface area contributed by atoms with Crippen molar-refractivity contribution in [2.75, 3.05) is 18.5 Å². The molecular weight excluding hydrogens is 345 g/mol. The van der Waals surface area contributed by atoms with E-state index in [1.54, 1.807) is 6.07 Å². The summed E-state index contributed by atoms with van der Waals surface area (Å²) in [6.07, 6.45) is 2.44. The Labute approximate surface area is 148 Å². The standard InChI is InChI=1S/C18H15ClFN3O2/c19-15-7-11(1-4-16(15)20)23-18-14-3-2-12(8-17(14)21-10-22-18)25-13-5-6-24-9-13/h1-4,7-8,10,13H,5-6,9H2,(H,21,22,23)/t13-/m0/s1. The highest BCUT2D eigenvalue weighted by molar-refractivity contribution is 6.31. The number of fused-ring (bicyclic) bond motifs is 1. The molecule has 1 atom stereocenters. The Kier molecular flexibility index (Phi) is 4.38. The van der Waals surface area contributed by atoms with Gasteiger partial charge in [0.25, 0.3) is 0 Å². The molecule has 25 heavy (non-hydrogen) atoms.